The zero-order valence-corrected chi connectivity index (χ0v) is 12.5. The Hall–Kier alpha value is -2.26. The van der Waals surface area contributed by atoms with Crippen LogP contribution >= 0.6 is 11.6 Å². The second kappa shape index (κ2) is 4.93. The van der Waals surface area contributed by atoms with Crippen LogP contribution in [0.25, 0.3) is 22.3 Å². The molecular formula is C17H14ClNO2. The van der Waals surface area contributed by atoms with Crippen molar-refractivity contribution < 1.29 is 4.42 Å². The average molecular weight is 300 g/mol. The lowest BCUT2D eigenvalue weighted by Crippen LogP contribution is -2.02. The van der Waals surface area contributed by atoms with Crippen LogP contribution in [0.4, 0.5) is 5.69 Å². The molecule has 0 saturated carbocycles. The lowest BCUT2D eigenvalue weighted by molar-refractivity contribution is 0.616. The van der Waals surface area contributed by atoms with Gasteiger partial charge in [-0.15, -0.1) is 0 Å². The lowest BCUT2D eigenvalue weighted by atomic mass is 10.1. The van der Waals surface area contributed by atoms with Gasteiger partial charge in [0.15, 0.2) is 5.43 Å². The Labute approximate surface area is 127 Å². The quantitative estimate of drug-likeness (QED) is 0.681. The molecule has 0 radical (unpaired) electrons. The zero-order valence-electron chi connectivity index (χ0n) is 11.7. The Morgan fingerprint density at radius 3 is 2.57 bits per heavy atom. The van der Waals surface area contributed by atoms with Gasteiger partial charge in [0.25, 0.3) is 0 Å². The summed E-state index contributed by atoms with van der Waals surface area (Å²) in [4.78, 5) is 12.3. The first kappa shape index (κ1) is 13.7. The summed E-state index contributed by atoms with van der Waals surface area (Å²) in [6.45, 7) is 3.89. The van der Waals surface area contributed by atoms with Gasteiger partial charge in [-0.1, -0.05) is 17.7 Å². The highest BCUT2D eigenvalue weighted by Crippen LogP contribution is 2.29. The maximum Gasteiger partial charge on any atom is 0.193 e. The fraction of sp³-hybridized carbons (Fsp3) is 0.118. The molecule has 21 heavy (non-hydrogen) atoms. The van der Waals surface area contributed by atoms with Crippen molar-refractivity contribution in [3.63, 3.8) is 0 Å². The van der Waals surface area contributed by atoms with Gasteiger partial charge in [0.2, 0.25) is 0 Å². The monoisotopic (exact) mass is 299 g/mol. The molecule has 0 aliphatic rings. The van der Waals surface area contributed by atoms with Gasteiger partial charge < -0.3 is 10.2 Å². The highest BCUT2D eigenvalue weighted by atomic mass is 35.5. The van der Waals surface area contributed by atoms with E-state index in [1.165, 1.54) is 6.07 Å². The SMILES string of the molecule is Cc1cc(C)c2oc(-c3ccc(Cl)c(N)c3)cc(=O)c2c1. The number of halogens is 1. The predicted molar refractivity (Wildman–Crippen MR) is 86.8 cm³/mol. The predicted octanol–water partition coefficient (Wildman–Crippen LogP) is 4.31. The standard InChI is InChI=1S/C17H14ClNO2/c1-9-5-10(2)17-12(6-9)15(20)8-16(21-17)11-3-4-13(18)14(19)7-11/h3-8H,19H2,1-2H3. The molecule has 0 atom stereocenters. The first-order valence-corrected chi connectivity index (χ1v) is 6.94. The van der Waals surface area contributed by atoms with Crippen molar-refractivity contribution in [2.75, 3.05) is 5.73 Å². The van der Waals surface area contributed by atoms with Crippen LogP contribution in [0.2, 0.25) is 5.02 Å². The number of hydrogen-bond donors (Lipinski definition) is 1. The van der Waals surface area contributed by atoms with E-state index >= 15 is 0 Å². The highest BCUT2D eigenvalue weighted by molar-refractivity contribution is 6.33. The van der Waals surface area contributed by atoms with E-state index in [2.05, 4.69) is 0 Å². The van der Waals surface area contributed by atoms with E-state index in [0.29, 0.717) is 27.4 Å². The third kappa shape index (κ3) is 2.41. The number of benzene rings is 2. The van der Waals surface area contributed by atoms with Crippen molar-refractivity contribution in [1.29, 1.82) is 0 Å². The zero-order chi connectivity index (χ0) is 15.1. The molecule has 4 heteroatoms. The van der Waals surface area contributed by atoms with Gasteiger partial charge in [0.1, 0.15) is 11.3 Å². The summed E-state index contributed by atoms with van der Waals surface area (Å²) in [7, 11) is 0. The van der Waals surface area contributed by atoms with Crippen molar-refractivity contribution in [3.05, 3.63) is 62.8 Å². The molecular weight excluding hydrogens is 286 g/mol. The fourth-order valence-electron chi connectivity index (χ4n) is 2.45. The summed E-state index contributed by atoms with van der Waals surface area (Å²) in [5.74, 6) is 0.489. The molecule has 0 fully saturated rings. The number of aryl methyl sites for hydroxylation is 2. The molecule has 0 bridgehead atoms. The second-order valence-corrected chi connectivity index (χ2v) is 5.58. The lowest BCUT2D eigenvalue weighted by Gasteiger charge is -2.07. The minimum atomic E-state index is -0.0634. The Morgan fingerprint density at radius 1 is 1.10 bits per heavy atom. The number of anilines is 1. The third-order valence-electron chi connectivity index (χ3n) is 3.44. The summed E-state index contributed by atoms with van der Waals surface area (Å²) in [6.07, 6.45) is 0. The molecule has 0 saturated heterocycles. The number of rotatable bonds is 1. The van der Waals surface area contributed by atoms with Gasteiger partial charge in [0.05, 0.1) is 16.1 Å². The normalized spacial score (nSPS) is 11.0. The van der Waals surface area contributed by atoms with E-state index in [-0.39, 0.29) is 5.43 Å². The van der Waals surface area contributed by atoms with Gasteiger partial charge in [-0.05, 0) is 49.2 Å². The molecule has 0 spiro atoms. The molecule has 3 nitrogen and oxygen atoms in total. The van der Waals surface area contributed by atoms with E-state index in [9.17, 15) is 4.79 Å². The Kier molecular flexibility index (Phi) is 3.22. The summed E-state index contributed by atoms with van der Waals surface area (Å²) in [5, 5.41) is 1.08. The maximum atomic E-state index is 12.3. The average Bonchev–Trinajstić information content (AvgIpc) is 2.43. The molecule has 1 aromatic heterocycles. The Balaban J connectivity index is 2.30. The summed E-state index contributed by atoms with van der Waals surface area (Å²) >= 11 is 5.92. The highest BCUT2D eigenvalue weighted by Gasteiger charge is 2.10. The van der Waals surface area contributed by atoms with E-state index in [1.807, 2.05) is 26.0 Å². The molecule has 1 heterocycles. The summed E-state index contributed by atoms with van der Waals surface area (Å²) in [5.41, 5.74) is 9.51. The van der Waals surface area contributed by atoms with Crippen LogP contribution in [0, 0.1) is 13.8 Å². The van der Waals surface area contributed by atoms with Gasteiger partial charge in [0, 0.05) is 11.6 Å². The third-order valence-corrected chi connectivity index (χ3v) is 3.78. The molecule has 3 rings (SSSR count). The number of fused-ring (bicyclic) bond motifs is 1. The van der Waals surface area contributed by atoms with Crippen molar-refractivity contribution in [3.8, 4) is 11.3 Å². The smallest absolute Gasteiger partial charge is 0.193 e. The van der Waals surface area contributed by atoms with Crippen LogP contribution in [0.5, 0.6) is 0 Å². The Bertz CT molecular complexity index is 913. The van der Waals surface area contributed by atoms with Crippen molar-refractivity contribution in [1.82, 2.24) is 0 Å². The van der Waals surface area contributed by atoms with E-state index in [1.54, 1.807) is 18.2 Å². The van der Waals surface area contributed by atoms with Crippen LogP contribution in [0.3, 0.4) is 0 Å². The Morgan fingerprint density at radius 2 is 1.86 bits per heavy atom. The first-order valence-electron chi connectivity index (χ1n) is 6.56. The number of hydrogen-bond acceptors (Lipinski definition) is 3. The molecule has 0 aliphatic heterocycles. The molecule has 2 aromatic carbocycles. The minimum absolute atomic E-state index is 0.0634. The van der Waals surface area contributed by atoms with Crippen LogP contribution in [0.15, 0.2) is 45.6 Å². The van der Waals surface area contributed by atoms with E-state index in [4.69, 9.17) is 21.8 Å². The number of nitrogens with two attached hydrogens (primary N) is 1. The topological polar surface area (TPSA) is 56.2 Å². The molecule has 106 valence electrons. The molecule has 0 aliphatic carbocycles. The van der Waals surface area contributed by atoms with E-state index < -0.39 is 0 Å². The van der Waals surface area contributed by atoms with Gasteiger partial charge in [-0.3, -0.25) is 4.79 Å². The molecule has 0 amide bonds. The van der Waals surface area contributed by atoms with Crippen molar-refractivity contribution >= 4 is 28.3 Å². The van der Waals surface area contributed by atoms with Gasteiger partial charge in [-0.2, -0.15) is 0 Å². The van der Waals surface area contributed by atoms with Gasteiger partial charge in [-0.25, -0.2) is 0 Å². The van der Waals surface area contributed by atoms with Crippen molar-refractivity contribution in [2.45, 2.75) is 13.8 Å². The molecule has 3 aromatic rings. The van der Waals surface area contributed by atoms with Crippen LogP contribution in [0.1, 0.15) is 11.1 Å². The molecule has 2 N–H and O–H groups in total. The van der Waals surface area contributed by atoms with E-state index in [0.717, 1.165) is 16.7 Å². The fourth-order valence-corrected chi connectivity index (χ4v) is 2.57. The summed E-state index contributed by atoms with van der Waals surface area (Å²) in [6, 6.07) is 10.5. The summed E-state index contributed by atoms with van der Waals surface area (Å²) < 4.78 is 5.91. The minimum Gasteiger partial charge on any atom is -0.456 e. The molecule has 0 unspecified atom stereocenters. The van der Waals surface area contributed by atoms with Gasteiger partial charge >= 0.3 is 0 Å². The number of nitrogen functional groups attached to an aromatic ring is 1. The van der Waals surface area contributed by atoms with Crippen molar-refractivity contribution in [2.24, 2.45) is 0 Å². The first-order chi connectivity index (χ1) is 9.95. The largest absolute Gasteiger partial charge is 0.456 e. The van der Waals surface area contributed by atoms with Crippen LogP contribution in [-0.2, 0) is 0 Å². The second-order valence-electron chi connectivity index (χ2n) is 5.17. The van der Waals surface area contributed by atoms with Crippen LogP contribution < -0.4 is 11.2 Å². The van der Waals surface area contributed by atoms with Crippen LogP contribution in [-0.4, -0.2) is 0 Å². The maximum absolute atomic E-state index is 12.3.